The molecule has 0 saturated heterocycles. The van der Waals surface area contributed by atoms with Crippen molar-refractivity contribution < 1.29 is 0 Å². The lowest BCUT2D eigenvalue weighted by Gasteiger charge is -2.26. The highest BCUT2D eigenvalue weighted by molar-refractivity contribution is 4.64. The standard InChI is InChI=1S/C39H81N/c1-5-7-9-11-13-15-17-19-21-23-25-27-29-31-33-35-37-40(39(3)4)38-36-34-32-30-28-26-24-22-20-18-16-14-12-10-8-6-2/h39H,5-38H2,1-4H3. The zero-order valence-corrected chi connectivity index (χ0v) is 29.1. The van der Waals surface area contributed by atoms with Gasteiger partial charge >= 0.3 is 0 Å². The molecule has 0 radical (unpaired) electrons. The minimum Gasteiger partial charge on any atom is -0.301 e. The van der Waals surface area contributed by atoms with Crippen molar-refractivity contribution in [3.63, 3.8) is 0 Å². The maximum Gasteiger partial charge on any atom is 0.00385 e. The van der Waals surface area contributed by atoms with Crippen LogP contribution in [0.25, 0.3) is 0 Å². The Morgan fingerprint density at radius 2 is 0.450 bits per heavy atom. The Balaban J connectivity index is 3.37. The van der Waals surface area contributed by atoms with Gasteiger partial charge in [-0.1, -0.05) is 206 Å². The van der Waals surface area contributed by atoms with E-state index in [0.717, 1.165) is 0 Å². The summed E-state index contributed by atoms with van der Waals surface area (Å²) in [6.45, 7) is 12.1. The molecule has 0 aromatic carbocycles. The first-order valence-electron chi connectivity index (χ1n) is 19.5. The third-order valence-electron chi connectivity index (χ3n) is 9.33. The van der Waals surface area contributed by atoms with Gasteiger partial charge in [-0.15, -0.1) is 0 Å². The summed E-state index contributed by atoms with van der Waals surface area (Å²) in [6, 6.07) is 0.715. The van der Waals surface area contributed by atoms with Crippen molar-refractivity contribution in [2.24, 2.45) is 0 Å². The van der Waals surface area contributed by atoms with Crippen molar-refractivity contribution in [3.8, 4) is 0 Å². The molecule has 0 fully saturated rings. The average Bonchev–Trinajstić information content (AvgIpc) is 2.95. The molecular weight excluding hydrogens is 482 g/mol. The third-order valence-corrected chi connectivity index (χ3v) is 9.33. The highest BCUT2D eigenvalue weighted by Gasteiger charge is 2.08. The molecule has 0 N–H and O–H groups in total. The highest BCUT2D eigenvalue weighted by Crippen LogP contribution is 2.16. The lowest BCUT2D eigenvalue weighted by Crippen LogP contribution is -2.32. The zero-order chi connectivity index (χ0) is 29.2. The maximum atomic E-state index is 2.76. The van der Waals surface area contributed by atoms with E-state index in [-0.39, 0.29) is 0 Å². The van der Waals surface area contributed by atoms with Crippen LogP contribution in [0.1, 0.15) is 233 Å². The predicted molar refractivity (Wildman–Crippen MR) is 186 cm³/mol. The van der Waals surface area contributed by atoms with Crippen LogP contribution in [0.5, 0.6) is 0 Å². The van der Waals surface area contributed by atoms with E-state index in [1.54, 1.807) is 0 Å². The van der Waals surface area contributed by atoms with Crippen LogP contribution in [0.2, 0.25) is 0 Å². The van der Waals surface area contributed by atoms with Crippen molar-refractivity contribution >= 4 is 0 Å². The van der Waals surface area contributed by atoms with Crippen LogP contribution in [0.3, 0.4) is 0 Å². The monoisotopic (exact) mass is 564 g/mol. The molecule has 0 unspecified atom stereocenters. The fourth-order valence-electron chi connectivity index (χ4n) is 6.35. The van der Waals surface area contributed by atoms with Gasteiger partial charge in [0.15, 0.2) is 0 Å². The number of rotatable bonds is 35. The topological polar surface area (TPSA) is 3.24 Å². The first kappa shape index (κ1) is 40.0. The molecule has 0 heterocycles. The fourth-order valence-corrected chi connectivity index (χ4v) is 6.35. The van der Waals surface area contributed by atoms with Gasteiger partial charge < -0.3 is 4.90 Å². The quantitative estimate of drug-likeness (QED) is 0.0693. The van der Waals surface area contributed by atoms with E-state index in [0.29, 0.717) is 6.04 Å². The average molecular weight is 564 g/mol. The molecule has 40 heavy (non-hydrogen) atoms. The van der Waals surface area contributed by atoms with Crippen molar-refractivity contribution in [1.82, 2.24) is 4.90 Å². The molecule has 0 rings (SSSR count). The lowest BCUT2D eigenvalue weighted by atomic mass is 10.0. The highest BCUT2D eigenvalue weighted by atomic mass is 15.1. The Kier molecular flexibility index (Phi) is 35.1. The maximum absolute atomic E-state index is 2.76. The summed E-state index contributed by atoms with van der Waals surface area (Å²) in [5, 5.41) is 0. The van der Waals surface area contributed by atoms with Crippen LogP contribution in [0, 0.1) is 0 Å². The molecule has 0 bridgehead atoms. The summed E-state index contributed by atoms with van der Waals surface area (Å²) in [5.74, 6) is 0. The van der Waals surface area contributed by atoms with Gasteiger partial charge in [0.05, 0.1) is 0 Å². The van der Waals surface area contributed by atoms with E-state index >= 15 is 0 Å². The summed E-state index contributed by atoms with van der Waals surface area (Å²) >= 11 is 0. The summed E-state index contributed by atoms with van der Waals surface area (Å²) in [6.07, 6.45) is 46.8. The molecule has 0 atom stereocenters. The Morgan fingerprint density at radius 1 is 0.275 bits per heavy atom. The largest absolute Gasteiger partial charge is 0.301 e. The van der Waals surface area contributed by atoms with E-state index in [4.69, 9.17) is 0 Å². The molecule has 0 aromatic rings. The normalized spacial score (nSPS) is 11.8. The van der Waals surface area contributed by atoms with Gasteiger partial charge in [-0.05, 0) is 39.8 Å². The number of unbranched alkanes of at least 4 members (excludes halogenated alkanes) is 30. The van der Waals surface area contributed by atoms with Crippen molar-refractivity contribution in [2.75, 3.05) is 13.1 Å². The number of hydrogen-bond donors (Lipinski definition) is 0. The number of nitrogens with zero attached hydrogens (tertiary/aromatic N) is 1. The SMILES string of the molecule is CCCCCCCCCCCCCCCCCCN(CCCCCCCCCCCCCCCCCC)C(C)C. The van der Waals surface area contributed by atoms with Gasteiger partial charge in [-0.3, -0.25) is 0 Å². The summed E-state index contributed by atoms with van der Waals surface area (Å²) in [5.41, 5.74) is 0. The van der Waals surface area contributed by atoms with E-state index in [9.17, 15) is 0 Å². The summed E-state index contributed by atoms with van der Waals surface area (Å²) in [4.78, 5) is 2.76. The van der Waals surface area contributed by atoms with Crippen LogP contribution in [-0.4, -0.2) is 24.0 Å². The minimum absolute atomic E-state index is 0.715. The van der Waals surface area contributed by atoms with Crippen LogP contribution < -0.4 is 0 Å². The van der Waals surface area contributed by atoms with Crippen molar-refractivity contribution in [2.45, 2.75) is 239 Å². The van der Waals surface area contributed by atoms with Crippen molar-refractivity contribution in [1.29, 1.82) is 0 Å². The van der Waals surface area contributed by atoms with Gasteiger partial charge in [0.2, 0.25) is 0 Å². The fraction of sp³-hybridized carbons (Fsp3) is 1.00. The summed E-state index contributed by atoms with van der Waals surface area (Å²) < 4.78 is 0. The van der Waals surface area contributed by atoms with Gasteiger partial charge in [0.1, 0.15) is 0 Å². The molecule has 0 aliphatic heterocycles. The Labute approximate surface area is 256 Å². The van der Waals surface area contributed by atoms with E-state index < -0.39 is 0 Å². The second-order valence-corrected chi connectivity index (χ2v) is 13.7. The molecule has 0 saturated carbocycles. The first-order chi connectivity index (χ1) is 19.7. The molecule has 0 aromatic heterocycles. The Bertz CT molecular complexity index is 395. The lowest BCUT2D eigenvalue weighted by molar-refractivity contribution is 0.211. The van der Waals surface area contributed by atoms with Crippen LogP contribution in [0.15, 0.2) is 0 Å². The van der Waals surface area contributed by atoms with Gasteiger partial charge in [-0.25, -0.2) is 0 Å². The molecule has 0 aliphatic rings. The van der Waals surface area contributed by atoms with Crippen molar-refractivity contribution in [3.05, 3.63) is 0 Å². The third kappa shape index (κ3) is 32.5. The van der Waals surface area contributed by atoms with Gasteiger partial charge in [0.25, 0.3) is 0 Å². The second-order valence-electron chi connectivity index (χ2n) is 13.7. The van der Waals surface area contributed by atoms with Crippen LogP contribution in [-0.2, 0) is 0 Å². The van der Waals surface area contributed by atoms with Gasteiger partial charge in [0, 0.05) is 6.04 Å². The molecule has 0 aliphatic carbocycles. The minimum atomic E-state index is 0.715. The molecule has 1 nitrogen and oxygen atoms in total. The molecule has 0 spiro atoms. The zero-order valence-electron chi connectivity index (χ0n) is 29.1. The molecule has 242 valence electrons. The van der Waals surface area contributed by atoms with E-state index in [2.05, 4.69) is 32.6 Å². The summed E-state index contributed by atoms with van der Waals surface area (Å²) in [7, 11) is 0. The van der Waals surface area contributed by atoms with E-state index in [1.165, 1.54) is 219 Å². The number of hydrogen-bond acceptors (Lipinski definition) is 1. The first-order valence-corrected chi connectivity index (χ1v) is 19.5. The van der Waals surface area contributed by atoms with Crippen LogP contribution in [0.4, 0.5) is 0 Å². The molecular formula is C39H81N. The Morgan fingerprint density at radius 3 is 0.625 bits per heavy atom. The molecule has 1 heteroatoms. The van der Waals surface area contributed by atoms with Crippen LogP contribution >= 0.6 is 0 Å². The Hall–Kier alpha value is -0.0400. The smallest absolute Gasteiger partial charge is 0.00385 e. The van der Waals surface area contributed by atoms with E-state index in [1.807, 2.05) is 0 Å². The predicted octanol–water partition coefficient (Wildman–Crippen LogP) is 14.2. The second kappa shape index (κ2) is 35.2. The molecule has 0 amide bonds. The van der Waals surface area contributed by atoms with Gasteiger partial charge in [-0.2, -0.15) is 0 Å².